The lowest BCUT2D eigenvalue weighted by Crippen LogP contribution is -2.47. The predicted octanol–water partition coefficient (Wildman–Crippen LogP) is 3.03. The van der Waals surface area contributed by atoms with Crippen LogP contribution in [0.1, 0.15) is 22.5 Å². The smallest absolute Gasteiger partial charge is 0.261 e. The summed E-state index contributed by atoms with van der Waals surface area (Å²) in [5, 5.41) is 6.56. The lowest BCUT2D eigenvalue weighted by molar-refractivity contribution is 0.0932. The molecule has 2 fully saturated rings. The molecule has 2 heterocycles. The van der Waals surface area contributed by atoms with Crippen LogP contribution in [0.5, 0.6) is 0 Å². The van der Waals surface area contributed by atoms with E-state index >= 15 is 0 Å². The molecular formula is C17H17FN2OS. The van der Waals surface area contributed by atoms with Gasteiger partial charge in [0.1, 0.15) is 5.82 Å². The molecule has 0 spiro atoms. The van der Waals surface area contributed by atoms with Gasteiger partial charge >= 0.3 is 0 Å². The maximum absolute atomic E-state index is 13.8. The summed E-state index contributed by atoms with van der Waals surface area (Å²) in [4.78, 5) is 13.8. The monoisotopic (exact) mass is 316 g/mol. The second-order valence-electron chi connectivity index (χ2n) is 6.08. The van der Waals surface area contributed by atoms with Gasteiger partial charge in [-0.25, -0.2) is 4.39 Å². The zero-order chi connectivity index (χ0) is 15.1. The number of piperidine rings is 1. The Morgan fingerprint density at radius 1 is 1.23 bits per heavy atom. The number of carbonyl (C=O) groups is 1. The van der Waals surface area contributed by atoms with E-state index in [1.165, 1.54) is 17.4 Å². The van der Waals surface area contributed by atoms with Gasteiger partial charge in [0, 0.05) is 22.5 Å². The Bertz CT molecular complexity index is 714. The average Bonchev–Trinajstić information content (AvgIpc) is 3.24. The minimum atomic E-state index is -0.256. The third-order valence-electron chi connectivity index (χ3n) is 4.61. The van der Waals surface area contributed by atoms with E-state index in [-0.39, 0.29) is 17.8 Å². The second kappa shape index (κ2) is 5.48. The summed E-state index contributed by atoms with van der Waals surface area (Å²) < 4.78 is 13.8. The molecule has 1 saturated heterocycles. The average molecular weight is 316 g/mol. The molecule has 1 aliphatic heterocycles. The number of halogens is 1. The molecule has 1 aromatic carbocycles. The Balaban J connectivity index is 1.49. The number of rotatable bonds is 3. The first-order chi connectivity index (χ1) is 10.7. The summed E-state index contributed by atoms with van der Waals surface area (Å²) in [6.07, 6.45) is 2.23. The molecule has 3 unspecified atom stereocenters. The second-order valence-corrected chi connectivity index (χ2v) is 7.16. The van der Waals surface area contributed by atoms with Crippen LogP contribution >= 0.6 is 11.3 Å². The van der Waals surface area contributed by atoms with Gasteiger partial charge in [-0.05, 0) is 43.5 Å². The zero-order valence-electron chi connectivity index (χ0n) is 12.0. The fourth-order valence-corrected chi connectivity index (χ4v) is 4.45. The molecule has 4 rings (SSSR count). The maximum Gasteiger partial charge on any atom is 0.261 e. The Hall–Kier alpha value is -1.72. The summed E-state index contributed by atoms with van der Waals surface area (Å²) in [5.41, 5.74) is 0.549. The van der Waals surface area contributed by atoms with Crippen molar-refractivity contribution in [3.8, 4) is 10.4 Å². The Morgan fingerprint density at radius 3 is 2.82 bits per heavy atom. The minimum absolute atomic E-state index is 0.0491. The van der Waals surface area contributed by atoms with Gasteiger partial charge < -0.3 is 10.6 Å². The van der Waals surface area contributed by atoms with E-state index in [1.54, 1.807) is 24.3 Å². The number of amides is 1. The molecular weight excluding hydrogens is 299 g/mol. The first-order valence-electron chi connectivity index (χ1n) is 7.59. The van der Waals surface area contributed by atoms with E-state index < -0.39 is 0 Å². The van der Waals surface area contributed by atoms with Crippen LogP contribution in [0, 0.1) is 11.7 Å². The van der Waals surface area contributed by atoms with Crippen molar-refractivity contribution in [3.05, 3.63) is 47.1 Å². The molecule has 2 N–H and O–H groups in total. The van der Waals surface area contributed by atoms with Gasteiger partial charge in [0.2, 0.25) is 0 Å². The topological polar surface area (TPSA) is 41.1 Å². The van der Waals surface area contributed by atoms with Crippen molar-refractivity contribution in [2.75, 3.05) is 6.54 Å². The van der Waals surface area contributed by atoms with Crippen molar-refractivity contribution in [2.45, 2.75) is 24.9 Å². The van der Waals surface area contributed by atoms with Crippen LogP contribution in [0.25, 0.3) is 10.4 Å². The summed E-state index contributed by atoms with van der Waals surface area (Å²) >= 11 is 1.34. The first-order valence-corrected chi connectivity index (χ1v) is 8.41. The summed E-state index contributed by atoms with van der Waals surface area (Å²) in [7, 11) is 0. The highest BCUT2D eigenvalue weighted by Crippen LogP contribution is 2.33. The Kier molecular flexibility index (Phi) is 3.47. The van der Waals surface area contributed by atoms with E-state index in [1.807, 2.05) is 6.07 Å². The Morgan fingerprint density at radius 2 is 2.09 bits per heavy atom. The summed E-state index contributed by atoms with van der Waals surface area (Å²) in [6, 6.07) is 10.9. The quantitative estimate of drug-likeness (QED) is 0.914. The molecule has 114 valence electrons. The van der Waals surface area contributed by atoms with Gasteiger partial charge in [0.25, 0.3) is 5.91 Å². The van der Waals surface area contributed by atoms with Crippen LogP contribution in [-0.2, 0) is 0 Å². The van der Waals surface area contributed by atoms with E-state index in [0.29, 0.717) is 22.4 Å². The highest BCUT2D eigenvalue weighted by Gasteiger charge is 2.40. The molecule has 3 nitrogen and oxygen atoms in total. The standard InChI is InChI=1S/C17H17FN2OS/c18-12-4-2-1-3-11(12)15-5-6-16(22-15)17(21)20-14-8-10-7-13(14)19-9-10/h1-6,10,13-14,19H,7-9H2,(H,20,21). The molecule has 0 radical (unpaired) electrons. The van der Waals surface area contributed by atoms with Crippen molar-refractivity contribution in [1.82, 2.24) is 10.6 Å². The summed E-state index contributed by atoms with van der Waals surface area (Å²) in [6.45, 7) is 1.08. The van der Waals surface area contributed by atoms with Gasteiger partial charge in [0.05, 0.1) is 4.88 Å². The highest BCUT2D eigenvalue weighted by molar-refractivity contribution is 7.17. The SMILES string of the molecule is O=C(NC1CC2CNC1C2)c1ccc(-c2ccccc2F)s1. The van der Waals surface area contributed by atoms with Crippen LogP contribution in [0.2, 0.25) is 0 Å². The summed E-state index contributed by atoms with van der Waals surface area (Å²) in [5.74, 6) is 0.396. The normalized spacial score (nSPS) is 26.3. The molecule has 1 amide bonds. The van der Waals surface area contributed by atoms with Crippen molar-refractivity contribution < 1.29 is 9.18 Å². The van der Waals surface area contributed by atoms with Crippen molar-refractivity contribution in [2.24, 2.45) is 5.92 Å². The van der Waals surface area contributed by atoms with Gasteiger partial charge in [0.15, 0.2) is 0 Å². The van der Waals surface area contributed by atoms with E-state index in [9.17, 15) is 9.18 Å². The van der Waals surface area contributed by atoms with Crippen LogP contribution in [0.4, 0.5) is 4.39 Å². The third kappa shape index (κ3) is 2.44. The molecule has 2 bridgehead atoms. The lowest BCUT2D eigenvalue weighted by atomic mass is 10.1. The van der Waals surface area contributed by atoms with Gasteiger partial charge in [-0.3, -0.25) is 4.79 Å². The van der Waals surface area contributed by atoms with E-state index in [2.05, 4.69) is 10.6 Å². The molecule has 2 aliphatic rings. The largest absolute Gasteiger partial charge is 0.347 e. The zero-order valence-corrected chi connectivity index (χ0v) is 12.8. The molecule has 1 saturated carbocycles. The number of fused-ring (bicyclic) bond motifs is 2. The number of nitrogens with one attached hydrogen (secondary N) is 2. The number of hydrogen-bond donors (Lipinski definition) is 2. The fraction of sp³-hybridized carbons (Fsp3) is 0.353. The number of benzene rings is 1. The van der Waals surface area contributed by atoms with E-state index in [4.69, 9.17) is 0 Å². The number of carbonyl (C=O) groups excluding carboxylic acids is 1. The molecule has 1 aromatic heterocycles. The van der Waals surface area contributed by atoms with Crippen molar-refractivity contribution >= 4 is 17.2 Å². The van der Waals surface area contributed by atoms with Gasteiger partial charge in [-0.15, -0.1) is 11.3 Å². The number of thiophene rings is 1. The van der Waals surface area contributed by atoms with Crippen LogP contribution in [0.15, 0.2) is 36.4 Å². The highest BCUT2D eigenvalue weighted by atomic mass is 32.1. The first kappa shape index (κ1) is 13.9. The number of hydrogen-bond acceptors (Lipinski definition) is 3. The van der Waals surface area contributed by atoms with Gasteiger partial charge in [-0.1, -0.05) is 18.2 Å². The molecule has 22 heavy (non-hydrogen) atoms. The van der Waals surface area contributed by atoms with E-state index in [0.717, 1.165) is 24.3 Å². The molecule has 5 heteroatoms. The third-order valence-corrected chi connectivity index (χ3v) is 5.73. The molecule has 1 aliphatic carbocycles. The van der Waals surface area contributed by atoms with Crippen LogP contribution in [-0.4, -0.2) is 24.5 Å². The van der Waals surface area contributed by atoms with Crippen LogP contribution in [0.3, 0.4) is 0 Å². The molecule has 2 aromatic rings. The lowest BCUT2D eigenvalue weighted by Gasteiger charge is -2.23. The van der Waals surface area contributed by atoms with Crippen molar-refractivity contribution in [3.63, 3.8) is 0 Å². The van der Waals surface area contributed by atoms with Gasteiger partial charge in [-0.2, -0.15) is 0 Å². The Labute approximate surface area is 132 Å². The molecule has 3 atom stereocenters. The predicted molar refractivity (Wildman–Crippen MR) is 85.5 cm³/mol. The van der Waals surface area contributed by atoms with Crippen LogP contribution < -0.4 is 10.6 Å². The maximum atomic E-state index is 13.8. The minimum Gasteiger partial charge on any atom is -0.347 e. The van der Waals surface area contributed by atoms with Crippen molar-refractivity contribution in [1.29, 1.82) is 0 Å². The fourth-order valence-electron chi connectivity index (χ4n) is 3.52.